The molecule has 1 unspecified atom stereocenters. The van der Waals surface area contributed by atoms with E-state index >= 15 is 0 Å². The molecule has 0 heterocycles. The topological polar surface area (TPSA) is 63.4 Å². The molecule has 0 aliphatic carbocycles. The first-order valence-electron chi connectivity index (χ1n) is 7.48. The van der Waals surface area contributed by atoms with Gasteiger partial charge in [0, 0.05) is 19.6 Å². The van der Waals surface area contributed by atoms with E-state index in [4.69, 9.17) is 5.73 Å². The molecule has 22 heavy (non-hydrogen) atoms. The molecule has 0 aliphatic heterocycles. The summed E-state index contributed by atoms with van der Waals surface area (Å²) < 4.78 is 26.4. The number of sulfonamides is 1. The molecule has 0 spiro atoms. The van der Waals surface area contributed by atoms with Crippen molar-refractivity contribution in [2.45, 2.75) is 51.0 Å². The van der Waals surface area contributed by atoms with Gasteiger partial charge < -0.3 is 5.73 Å². The highest BCUT2D eigenvalue weighted by Crippen LogP contribution is 2.20. The Bertz CT molecular complexity index is 542. The molecule has 1 aromatic carbocycles. The van der Waals surface area contributed by atoms with Crippen LogP contribution in [0.3, 0.4) is 0 Å². The first kappa shape index (κ1) is 21.4. The van der Waals surface area contributed by atoms with Crippen molar-refractivity contribution in [1.82, 2.24) is 4.31 Å². The van der Waals surface area contributed by atoms with Crippen molar-refractivity contribution in [2.75, 3.05) is 13.6 Å². The summed E-state index contributed by atoms with van der Waals surface area (Å²) in [6.07, 6.45) is 0.664. The third kappa shape index (κ3) is 5.54. The highest BCUT2D eigenvalue weighted by Gasteiger charge is 2.21. The average molecular weight is 349 g/mol. The van der Waals surface area contributed by atoms with Crippen molar-refractivity contribution in [1.29, 1.82) is 0 Å². The predicted octanol–water partition coefficient (Wildman–Crippen LogP) is 3.23. The van der Waals surface area contributed by atoms with Gasteiger partial charge in [-0.15, -0.1) is 12.4 Å². The van der Waals surface area contributed by atoms with Crippen molar-refractivity contribution in [3.05, 3.63) is 29.8 Å². The molecule has 0 saturated heterocycles. The maximum atomic E-state index is 12.5. The van der Waals surface area contributed by atoms with E-state index in [1.165, 1.54) is 4.31 Å². The van der Waals surface area contributed by atoms with Gasteiger partial charge in [0.25, 0.3) is 0 Å². The van der Waals surface area contributed by atoms with Crippen LogP contribution in [0.2, 0.25) is 0 Å². The molecule has 128 valence electrons. The summed E-state index contributed by atoms with van der Waals surface area (Å²) in [5.41, 5.74) is 7.12. The van der Waals surface area contributed by atoms with Gasteiger partial charge in [-0.1, -0.05) is 39.8 Å². The summed E-state index contributed by atoms with van der Waals surface area (Å²) in [4.78, 5) is 0.340. The second-order valence-electron chi connectivity index (χ2n) is 6.25. The summed E-state index contributed by atoms with van der Waals surface area (Å²) in [7, 11) is -1.82. The van der Waals surface area contributed by atoms with Crippen molar-refractivity contribution < 1.29 is 8.42 Å². The van der Waals surface area contributed by atoms with Crippen LogP contribution in [0.15, 0.2) is 29.2 Å². The molecule has 0 aromatic heterocycles. The van der Waals surface area contributed by atoms with Crippen LogP contribution in [0.5, 0.6) is 0 Å². The third-order valence-corrected chi connectivity index (χ3v) is 5.76. The first-order valence-corrected chi connectivity index (χ1v) is 8.92. The monoisotopic (exact) mass is 348 g/mol. The summed E-state index contributed by atoms with van der Waals surface area (Å²) in [6, 6.07) is 7.15. The molecule has 0 bridgehead atoms. The normalized spacial score (nSPS) is 13.5. The minimum absolute atomic E-state index is 0. The Labute approximate surface area is 141 Å². The van der Waals surface area contributed by atoms with Gasteiger partial charge >= 0.3 is 0 Å². The lowest BCUT2D eigenvalue weighted by molar-refractivity contribution is 0.397. The molecule has 0 amide bonds. The molecule has 4 nitrogen and oxygen atoms in total. The molecule has 0 aliphatic rings. The number of halogens is 1. The third-order valence-electron chi connectivity index (χ3n) is 3.89. The summed E-state index contributed by atoms with van der Waals surface area (Å²) in [5.74, 6) is 0.745. The second kappa shape index (κ2) is 8.87. The van der Waals surface area contributed by atoms with Gasteiger partial charge in [0.1, 0.15) is 0 Å². The predicted molar refractivity (Wildman–Crippen MR) is 95.0 cm³/mol. The van der Waals surface area contributed by atoms with E-state index in [1.807, 2.05) is 26.0 Å². The fraction of sp³-hybridized carbons (Fsp3) is 0.625. The molecule has 1 aromatic rings. The molecule has 1 rings (SSSR count). The molecule has 6 heteroatoms. The highest BCUT2D eigenvalue weighted by molar-refractivity contribution is 7.89. The Morgan fingerprint density at radius 3 is 2.00 bits per heavy atom. The Kier molecular flexibility index (Phi) is 8.62. The number of benzene rings is 1. The minimum Gasteiger partial charge on any atom is -0.327 e. The summed E-state index contributed by atoms with van der Waals surface area (Å²) in [5, 5.41) is 0. The van der Waals surface area contributed by atoms with Crippen molar-refractivity contribution in [2.24, 2.45) is 11.7 Å². The molecular formula is C16H29ClN2O2S. The van der Waals surface area contributed by atoms with Crippen LogP contribution in [0.1, 0.15) is 45.6 Å². The quantitative estimate of drug-likeness (QED) is 0.822. The zero-order valence-electron chi connectivity index (χ0n) is 14.1. The van der Waals surface area contributed by atoms with Gasteiger partial charge in [-0.25, -0.2) is 12.7 Å². The van der Waals surface area contributed by atoms with Crippen LogP contribution in [0.25, 0.3) is 0 Å². The van der Waals surface area contributed by atoms with Crippen molar-refractivity contribution in [3.63, 3.8) is 0 Å². The number of nitrogens with zero attached hydrogens (tertiary/aromatic N) is 1. The molecule has 0 fully saturated rings. The van der Waals surface area contributed by atoms with Crippen molar-refractivity contribution >= 4 is 22.4 Å². The van der Waals surface area contributed by atoms with E-state index in [0.717, 1.165) is 5.56 Å². The lowest BCUT2D eigenvalue weighted by atomic mass is 10.0. The lowest BCUT2D eigenvalue weighted by Crippen LogP contribution is -2.34. The Balaban J connectivity index is 0.00000441. The fourth-order valence-electron chi connectivity index (χ4n) is 1.99. The van der Waals surface area contributed by atoms with Crippen LogP contribution < -0.4 is 5.73 Å². The second-order valence-corrected chi connectivity index (χ2v) is 8.29. The van der Waals surface area contributed by atoms with Crippen molar-refractivity contribution in [3.8, 4) is 0 Å². The van der Waals surface area contributed by atoms with Gasteiger partial charge in [0.05, 0.1) is 4.90 Å². The van der Waals surface area contributed by atoms with Gasteiger partial charge in [-0.2, -0.15) is 0 Å². The standard InChI is InChI=1S/C16H28N2O2S.ClH/c1-12(2)14-6-8-15(9-7-14)21(19,20)18(5)11-10-16(17)13(3)4;/h6-9,12-13,16H,10-11,17H2,1-5H3;1H. The molecular weight excluding hydrogens is 320 g/mol. The van der Waals surface area contributed by atoms with Crippen LogP contribution in [-0.2, 0) is 10.0 Å². The SMILES string of the molecule is CC(C)c1ccc(S(=O)(=O)N(C)CCC(N)C(C)C)cc1.Cl. The van der Waals surface area contributed by atoms with Gasteiger partial charge in [0.15, 0.2) is 0 Å². The van der Waals surface area contributed by atoms with Crippen LogP contribution >= 0.6 is 12.4 Å². The van der Waals surface area contributed by atoms with E-state index in [0.29, 0.717) is 29.7 Å². The maximum Gasteiger partial charge on any atom is 0.242 e. The number of nitrogens with two attached hydrogens (primary N) is 1. The van der Waals surface area contributed by atoms with Gasteiger partial charge in [-0.05, 0) is 36.0 Å². The van der Waals surface area contributed by atoms with E-state index in [9.17, 15) is 8.42 Å². The van der Waals surface area contributed by atoms with Crippen LogP contribution in [0.4, 0.5) is 0 Å². The zero-order valence-corrected chi connectivity index (χ0v) is 15.7. The van der Waals surface area contributed by atoms with Gasteiger partial charge in [-0.3, -0.25) is 0 Å². The average Bonchev–Trinajstić information content (AvgIpc) is 2.44. The van der Waals surface area contributed by atoms with Crippen LogP contribution in [-0.4, -0.2) is 32.4 Å². The summed E-state index contributed by atoms with van der Waals surface area (Å²) >= 11 is 0. The molecule has 0 saturated carbocycles. The Morgan fingerprint density at radius 2 is 1.59 bits per heavy atom. The number of rotatable bonds is 7. The minimum atomic E-state index is -3.43. The molecule has 1 atom stereocenters. The maximum absolute atomic E-state index is 12.5. The smallest absolute Gasteiger partial charge is 0.242 e. The van der Waals surface area contributed by atoms with E-state index < -0.39 is 10.0 Å². The van der Waals surface area contributed by atoms with Crippen LogP contribution in [0, 0.1) is 5.92 Å². The summed E-state index contributed by atoms with van der Waals surface area (Å²) in [6.45, 7) is 8.70. The molecule has 2 N–H and O–H groups in total. The van der Waals surface area contributed by atoms with E-state index in [2.05, 4.69) is 13.8 Å². The Morgan fingerprint density at radius 1 is 1.09 bits per heavy atom. The zero-order chi connectivity index (χ0) is 16.2. The lowest BCUT2D eigenvalue weighted by Gasteiger charge is -2.21. The number of hydrogen-bond acceptors (Lipinski definition) is 3. The first-order chi connectivity index (χ1) is 9.66. The fourth-order valence-corrected chi connectivity index (χ4v) is 3.17. The molecule has 0 radical (unpaired) electrons. The highest BCUT2D eigenvalue weighted by atomic mass is 35.5. The largest absolute Gasteiger partial charge is 0.327 e. The van der Waals surface area contributed by atoms with E-state index in [-0.39, 0.29) is 18.4 Å². The Hall–Kier alpha value is -0.620. The van der Waals surface area contributed by atoms with Gasteiger partial charge in [0.2, 0.25) is 10.0 Å². The van der Waals surface area contributed by atoms with E-state index in [1.54, 1.807) is 19.2 Å². The number of hydrogen-bond donors (Lipinski definition) is 1.